The number of hydrogen-bond donors (Lipinski definition) is 0. The van der Waals surface area contributed by atoms with Crippen LogP contribution in [0.25, 0.3) is 0 Å². The normalized spacial score (nSPS) is 12.3. The van der Waals surface area contributed by atoms with Crippen LogP contribution < -0.4 is 29.6 Å². The molecule has 0 saturated carbocycles. The topological polar surface area (TPSA) is 44.8 Å². The van der Waals surface area contributed by atoms with Gasteiger partial charge in [0.25, 0.3) is 0 Å². The summed E-state index contributed by atoms with van der Waals surface area (Å²) >= 11 is 0. The zero-order valence-corrected chi connectivity index (χ0v) is 29.9. The molecule has 5 aromatic carbocycles. The summed E-state index contributed by atoms with van der Waals surface area (Å²) in [5, 5.41) is 4.04. The SMILES string of the molecule is COC(=O)c1cc(O[Si](c2ccccc2)(c2ccccc2)C(C)(C)C)cc(O[Si](c2ccccc2)(c2ccccc2)C(C)(C)C)c1. The molecule has 5 aromatic rings. The summed E-state index contributed by atoms with van der Waals surface area (Å²) in [5.74, 6) is 0.704. The van der Waals surface area contributed by atoms with Gasteiger partial charge in [-0.2, -0.15) is 0 Å². The molecule has 0 amide bonds. The predicted octanol–water partition coefficient (Wildman–Crippen LogP) is 7.35. The Hall–Kier alpha value is -4.40. The van der Waals surface area contributed by atoms with Gasteiger partial charge in [0, 0.05) is 6.07 Å². The average Bonchev–Trinajstić information content (AvgIpc) is 3.06. The molecule has 236 valence electrons. The minimum absolute atomic E-state index is 0.268. The fourth-order valence-electron chi connectivity index (χ4n) is 6.58. The molecule has 0 spiro atoms. The van der Waals surface area contributed by atoms with Crippen molar-refractivity contribution >= 4 is 43.4 Å². The van der Waals surface area contributed by atoms with Crippen LogP contribution in [0.1, 0.15) is 51.9 Å². The first-order valence-electron chi connectivity index (χ1n) is 15.8. The molecule has 5 rings (SSSR count). The Morgan fingerprint density at radius 1 is 0.478 bits per heavy atom. The van der Waals surface area contributed by atoms with Crippen LogP contribution in [-0.2, 0) is 4.74 Å². The summed E-state index contributed by atoms with van der Waals surface area (Å²) in [6.07, 6.45) is 0. The molecular formula is C40H44O4Si2. The molecule has 0 bridgehead atoms. The lowest BCUT2D eigenvalue weighted by Gasteiger charge is -2.44. The van der Waals surface area contributed by atoms with E-state index >= 15 is 0 Å². The Bertz CT molecular complexity index is 1540. The van der Waals surface area contributed by atoms with E-state index in [-0.39, 0.29) is 10.1 Å². The number of rotatable bonds is 9. The van der Waals surface area contributed by atoms with Crippen LogP contribution in [0.3, 0.4) is 0 Å². The van der Waals surface area contributed by atoms with Gasteiger partial charge < -0.3 is 13.6 Å². The van der Waals surface area contributed by atoms with Crippen LogP contribution >= 0.6 is 0 Å². The first-order valence-corrected chi connectivity index (χ1v) is 19.6. The molecule has 6 heteroatoms. The minimum Gasteiger partial charge on any atom is -0.534 e. The van der Waals surface area contributed by atoms with Gasteiger partial charge >= 0.3 is 22.6 Å². The summed E-state index contributed by atoms with van der Waals surface area (Å²) in [6.45, 7) is 13.4. The first-order chi connectivity index (χ1) is 21.9. The molecule has 0 aliphatic carbocycles. The van der Waals surface area contributed by atoms with Crippen molar-refractivity contribution in [3.63, 3.8) is 0 Å². The van der Waals surface area contributed by atoms with E-state index in [2.05, 4.69) is 139 Å². The molecule has 0 saturated heterocycles. The van der Waals surface area contributed by atoms with E-state index in [1.165, 1.54) is 7.11 Å². The maximum atomic E-state index is 13.2. The quantitative estimate of drug-likeness (QED) is 0.124. The third-order valence-corrected chi connectivity index (χ3v) is 18.6. The summed E-state index contributed by atoms with van der Waals surface area (Å²) in [4.78, 5) is 13.2. The van der Waals surface area contributed by atoms with Gasteiger partial charge in [0.15, 0.2) is 0 Å². The zero-order valence-electron chi connectivity index (χ0n) is 27.9. The Kier molecular flexibility index (Phi) is 9.42. The Morgan fingerprint density at radius 3 is 1.00 bits per heavy atom. The minimum atomic E-state index is -3.00. The van der Waals surface area contributed by atoms with Crippen molar-refractivity contribution in [1.29, 1.82) is 0 Å². The van der Waals surface area contributed by atoms with E-state index in [0.717, 1.165) is 20.7 Å². The highest BCUT2D eigenvalue weighted by atomic mass is 28.4. The highest BCUT2D eigenvalue weighted by molar-refractivity contribution is 7.00. The second kappa shape index (κ2) is 13.1. The van der Waals surface area contributed by atoms with Crippen LogP contribution in [0.5, 0.6) is 11.5 Å². The van der Waals surface area contributed by atoms with E-state index in [1.54, 1.807) is 12.1 Å². The molecule has 0 atom stereocenters. The highest BCUT2D eigenvalue weighted by Gasteiger charge is 2.54. The van der Waals surface area contributed by atoms with Crippen molar-refractivity contribution in [2.24, 2.45) is 0 Å². The van der Waals surface area contributed by atoms with Crippen LogP contribution in [0.2, 0.25) is 10.1 Å². The summed E-state index contributed by atoms with van der Waals surface area (Å²) in [6, 6.07) is 47.5. The number of carbonyl (C=O) groups is 1. The molecule has 0 aliphatic rings. The highest BCUT2D eigenvalue weighted by Crippen LogP contribution is 2.41. The van der Waals surface area contributed by atoms with Crippen molar-refractivity contribution in [2.45, 2.75) is 51.6 Å². The lowest BCUT2D eigenvalue weighted by atomic mass is 10.2. The number of hydrogen-bond acceptors (Lipinski definition) is 4. The molecular weight excluding hydrogens is 601 g/mol. The van der Waals surface area contributed by atoms with Gasteiger partial charge in [-0.1, -0.05) is 163 Å². The van der Waals surface area contributed by atoms with Gasteiger partial charge in [-0.15, -0.1) is 0 Å². The lowest BCUT2D eigenvalue weighted by molar-refractivity contribution is 0.0600. The Balaban J connectivity index is 1.76. The summed E-state index contributed by atoms with van der Waals surface area (Å²) in [7, 11) is -4.60. The molecule has 0 unspecified atom stereocenters. The van der Waals surface area contributed by atoms with Crippen LogP contribution in [-0.4, -0.2) is 29.7 Å². The van der Waals surface area contributed by atoms with Gasteiger partial charge in [0.05, 0.1) is 12.7 Å². The molecule has 4 nitrogen and oxygen atoms in total. The van der Waals surface area contributed by atoms with Crippen LogP contribution in [0, 0.1) is 0 Å². The third-order valence-electron chi connectivity index (χ3n) is 8.68. The zero-order chi connectivity index (χ0) is 33.0. The number of ether oxygens (including phenoxy) is 1. The number of carbonyl (C=O) groups excluding carboxylic acids is 1. The van der Waals surface area contributed by atoms with E-state index < -0.39 is 22.6 Å². The molecule has 46 heavy (non-hydrogen) atoms. The molecule has 0 aliphatic heterocycles. The summed E-state index contributed by atoms with van der Waals surface area (Å²) < 4.78 is 20.0. The molecule has 0 N–H and O–H groups in total. The van der Waals surface area contributed by atoms with Crippen molar-refractivity contribution in [3.8, 4) is 11.5 Å². The third kappa shape index (κ3) is 6.20. The first kappa shape index (κ1) is 33.0. The Labute approximate surface area is 276 Å². The second-order valence-corrected chi connectivity index (χ2v) is 22.2. The largest absolute Gasteiger partial charge is 0.534 e. The van der Waals surface area contributed by atoms with E-state index in [0.29, 0.717) is 17.1 Å². The number of benzene rings is 5. The second-order valence-electron chi connectivity index (χ2n) is 13.7. The average molecular weight is 645 g/mol. The van der Waals surface area contributed by atoms with E-state index in [4.69, 9.17) is 13.6 Å². The van der Waals surface area contributed by atoms with Crippen molar-refractivity contribution in [3.05, 3.63) is 145 Å². The van der Waals surface area contributed by atoms with Crippen LogP contribution in [0.15, 0.2) is 140 Å². The fourth-order valence-corrected chi connectivity index (χ4v) is 15.4. The monoisotopic (exact) mass is 644 g/mol. The number of methoxy groups -OCH3 is 1. The van der Waals surface area contributed by atoms with Gasteiger partial charge in [0.2, 0.25) is 0 Å². The van der Waals surface area contributed by atoms with Crippen molar-refractivity contribution < 1.29 is 18.4 Å². The van der Waals surface area contributed by atoms with E-state index in [1.807, 2.05) is 30.3 Å². The van der Waals surface area contributed by atoms with Crippen LogP contribution in [0.4, 0.5) is 0 Å². The smallest absolute Gasteiger partial charge is 0.338 e. The van der Waals surface area contributed by atoms with Crippen molar-refractivity contribution in [2.75, 3.05) is 7.11 Å². The van der Waals surface area contributed by atoms with Crippen molar-refractivity contribution in [1.82, 2.24) is 0 Å². The number of esters is 1. The molecule has 0 fully saturated rings. The summed E-state index contributed by atoms with van der Waals surface area (Å²) in [5.41, 5.74) is 0.380. The maximum absolute atomic E-state index is 13.2. The van der Waals surface area contributed by atoms with Gasteiger partial charge in [-0.25, -0.2) is 4.79 Å². The van der Waals surface area contributed by atoms with E-state index in [9.17, 15) is 4.79 Å². The van der Waals surface area contributed by atoms with Gasteiger partial charge in [-0.05, 0) is 43.0 Å². The molecule has 0 heterocycles. The van der Waals surface area contributed by atoms with Gasteiger partial charge in [0.1, 0.15) is 11.5 Å². The standard InChI is InChI=1S/C40H44O4Si2/c1-39(2,3)45(34-20-12-8-13-21-34,35-22-14-9-15-23-35)43-32-28-31(38(41)42-7)29-33(30-32)44-46(40(4,5)6,36-24-16-10-17-25-36)37-26-18-11-19-27-37/h8-30H,1-7H3. The van der Waals surface area contributed by atoms with Gasteiger partial charge in [-0.3, -0.25) is 0 Å². The predicted molar refractivity (Wildman–Crippen MR) is 194 cm³/mol. The molecule has 0 radical (unpaired) electrons. The Morgan fingerprint density at radius 2 is 0.761 bits per heavy atom. The fraction of sp³-hybridized carbons (Fsp3) is 0.225. The molecule has 0 aromatic heterocycles. The maximum Gasteiger partial charge on any atom is 0.338 e. The lowest BCUT2D eigenvalue weighted by Crippen LogP contribution is -2.69.